The van der Waals surface area contributed by atoms with Gasteiger partial charge in [-0.25, -0.2) is 0 Å². The maximum absolute atomic E-state index is 12.0. The molecule has 0 atom stereocenters. The highest BCUT2D eigenvalue weighted by Gasteiger charge is 2.13. The van der Waals surface area contributed by atoms with E-state index in [-0.39, 0.29) is 25.5 Å². The third-order valence-electron chi connectivity index (χ3n) is 3.94. The van der Waals surface area contributed by atoms with Crippen LogP contribution in [0.4, 0.5) is 0 Å². The topological polar surface area (TPSA) is 68.5 Å². The molecule has 0 saturated carbocycles. The molecule has 1 N–H and O–H groups in total. The van der Waals surface area contributed by atoms with E-state index < -0.39 is 5.97 Å². The van der Waals surface area contributed by atoms with Gasteiger partial charge in [0.25, 0.3) is 5.91 Å². The third-order valence-corrected chi connectivity index (χ3v) is 4.31. The van der Waals surface area contributed by atoms with Crippen molar-refractivity contribution in [1.82, 2.24) is 5.32 Å². The Hall–Kier alpha value is -2.79. The normalized spacial score (nSPS) is 10.7. The molecule has 0 aliphatic rings. The number of fused-ring (bicyclic) bond motifs is 1. The van der Waals surface area contributed by atoms with Crippen molar-refractivity contribution in [3.63, 3.8) is 0 Å². The van der Waals surface area contributed by atoms with Crippen molar-refractivity contribution in [2.24, 2.45) is 0 Å². The lowest BCUT2D eigenvalue weighted by Crippen LogP contribution is -2.28. The van der Waals surface area contributed by atoms with Gasteiger partial charge < -0.3 is 14.5 Å². The van der Waals surface area contributed by atoms with E-state index in [2.05, 4.69) is 5.32 Å². The zero-order valence-electron chi connectivity index (χ0n) is 14.3. The van der Waals surface area contributed by atoms with Crippen LogP contribution in [-0.4, -0.2) is 18.5 Å². The molecule has 1 heterocycles. The van der Waals surface area contributed by atoms with E-state index in [1.54, 1.807) is 12.3 Å². The molecule has 0 radical (unpaired) electrons. The number of rotatable bonds is 6. The lowest BCUT2D eigenvalue weighted by atomic mass is 10.1. The summed E-state index contributed by atoms with van der Waals surface area (Å²) < 4.78 is 10.5. The van der Waals surface area contributed by atoms with Crippen molar-refractivity contribution in [3.8, 4) is 0 Å². The Morgan fingerprint density at radius 1 is 1.15 bits per heavy atom. The number of benzene rings is 2. The summed E-state index contributed by atoms with van der Waals surface area (Å²) in [6.45, 7) is 1.91. The fourth-order valence-electron chi connectivity index (χ4n) is 2.57. The summed E-state index contributed by atoms with van der Waals surface area (Å²) in [6, 6.07) is 13.0. The number of halogens is 1. The van der Waals surface area contributed by atoms with Gasteiger partial charge in [-0.3, -0.25) is 9.59 Å². The molecule has 0 bridgehead atoms. The second kappa shape index (κ2) is 8.06. The number of esters is 1. The van der Waals surface area contributed by atoms with Crippen LogP contribution in [0.1, 0.15) is 16.7 Å². The number of carbonyl (C=O) groups excluding carboxylic acids is 2. The SMILES string of the molecule is Cc1ccc2c(CC(=O)OCC(=O)NCc3ccccc3Cl)coc2c1. The first-order chi connectivity index (χ1) is 12.5. The van der Waals surface area contributed by atoms with Gasteiger partial charge in [0.1, 0.15) is 5.58 Å². The fraction of sp³-hybridized carbons (Fsp3) is 0.200. The first-order valence-electron chi connectivity index (χ1n) is 8.15. The molecule has 3 aromatic rings. The van der Waals surface area contributed by atoms with Crippen LogP contribution in [0.3, 0.4) is 0 Å². The van der Waals surface area contributed by atoms with Gasteiger partial charge in [-0.05, 0) is 30.2 Å². The molecule has 3 rings (SSSR count). The lowest BCUT2D eigenvalue weighted by Gasteiger charge is -2.07. The van der Waals surface area contributed by atoms with Gasteiger partial charge in [0.15, 0.2) is 6.61 Å². The van der Waals surface area contributed by atoms with Crippen LogP contribution in [0.5, 0.6) is 0 Å². The van der Waals surface area contributed by atoms with Crippen LogP contribution in [0.2, 0.25) is 5.02 Å². The van der Waals surface area contributed by atoms with E-state index in [9.17, 15) is 9.59 Å². The highest BCUT2D eigenvalue weighted by atomic mass is 35.5. The van der Waals surface area contributed by atoms with E-state index in [0.29, 0.717) is 5.02 Å². The summed E-state index contributed by atoms with van der Waals surface area (Å²) in [5.74, 6) is -0.868. The number of aryl methyl sites for hydroxylation is 1. The first kappa shape index (κ1) is 18.0. The van der Waals surface area contributed by atoms with Crippen molar-refractivity contribution < 1.29 is 18.7 Å². The Kier molecular flexibility index (Phi) is 5.58. The summed E-state index contributed by atoms with van der Waals surface area (Å²) in [5.41, 5.74) is 3.34. The molecule has 0 aliphatic carbocycles. The van der Waals surface area contributed by atoms with E-state index in [4.69, 9.17) is 20.8 Å². The predicted octanol–water partition coefficient (Wildman–Crippen LogP) is 3.80. The molecule has 1 amide bonds. The maximum Gasteiger partial charge on any atom is 0.310 e. The molecular formula is C20H18ClNO4. The van der Waals surface area contributed by atoms with Crippen molar-refractivity contribution in [1.29, 1.82) is 0 Å². The number of carbonyl (C=O) groups is 2. The maximum atomic E-state index is 12.0. The quantitative estimate of drug-likeness (QED) is 0.669. The van der Waals surface area contributed by atoms with Gasteiger partial charge in [-0.15, -0.1) is 0 Å². The number of amides is 1. The van der Waals surface area contributed by atoms with E-state index >= 15 is 0 Å². The average molecular weight is 372 g/mol. The molecule has 0 fully saturated rings. The molecular weight excluding hydrogens is 354 g/mol. The summed E-state index contributed by atoms with van der Waals surface area (Å²) in [6.07, 6.45) is 1.59. The van der Waals surface area contributed by atoms with Gasteiger partial charge in [-0.1, -0.05) is 41.9 Å². The van der Waals surface area contributed by atoms with Gasteiger partial charge in [-0.2, -0.15) is 0 Å². The van der Waals surface area contributed by atoms with Crippen LogP contribution in [-0.2, 0) is 27.3 Å². The third kappa shape index (κ3) is 4.43. The van der Waals surface area contributed by atoms with Crippen molar-refractivity contribution in [2.45, 2.75) is 19.9 Å². The molecule has 0 saturated heterocycles. The second-order valence-corrected chi connectivity index (χ2v) is 6.37. The average Bonchev–Trinajstić information content (AvgIpc) is 3.01. The Morgan fingerprint density at radius 2 is 1.96 bits per heavy atom. The largest absolute Gasteiger partial charge is 0.464 e. The summed E-state index contributed by atoms with van der Waals surface area (Å²) in [5, 5.41) is 4.12. The Labute approximate surface area is 155 Å². The van der Waals surface area contributed by atoms with Gasteiger partial charge in [0.2, 0.25) is 0 Å². The summed E-state index contributed by atoms with van der Waals surface area (Å²) in [7, 11) is 0. The van der Waals surface area contributed by atoms with E-state index in [1.165, 1.54) is 0 Å². The highest BCUT2D eigenvalue weighted by Crippen LogP contribution is 2.23. The number of hydrogen-bond donors (Lipinski definition) is 1. The van der Waals surface area contributed by atoms with Crippen molar-refractivity contribution in [2.75, 3.05) is 6.61 Å². The Morgan fingerprint density at radius 3 is 2.77 bits per heavy atom. The number of furan rings is 1. The molecule has 2 aromatic carbocycles. The molecule has 6 heteroatoms. The predicted molar refractivity (Wildman–Crippen MR) is 98.9 cm³/mol. The van der Waals surface area contributed by atoms with Crippen LogP contribution in [0.15, 0.2) is 53.1 Å². The van der Waals surface area contributed by atoms with E-state index in [1.807, 2.05) is 43.3 Å². The van der Waals surface area contributed by atoms with Crippen LogP contribution in [0.25, 0.3) is 11.0 Å². The summed E-state index contributed by atoms with van der Waals surface area (Å²) >= 11 is 6.03. The molecule has 0 spiro atoms. The number of hydrogen-bond acceptors (Lipinski definition) is 4. The molecule has 1 aromatic heterocycles. The van der Waals surface area contributed by atoms with E-state index in [0.717, 1.165) is 27.7 Å². The molecule has 26 heavy (non-hydrogen) atoms. The minimum Gasteiger partial charge on any atom is -0.464 e. The monoisotopic (exact) mass is 371 g/mol. The summed E-state index contributed by atoms with van der Waals surface area (Å²) in [4.78, 5) is 23.8. The van der Waals surface area contributed by atoms with Crippen molar-refractivity contribution >= 4 is 34.4 Å². The van der Waals surface area contributed by atoms with Crippen molar-refractivity contribution in [3.05, 3.63) is 70.4 Å². The molecule has 0 unspecified atom stereocenters. The zero-order chi connectivity index (χ0) is 18.5. The minimum absolute atomic E-state index is 0.0495. The van der Waals surface area contributed by atoms with Gasteiger partial charge in [0.05, 0.1) is 12.7 Å². The van der Waals surface area contributed by atoms with Crippen LogP contribution in [0, 0.1) is 6.92 Å². The number of nitrogens with one attached hydrogen (secondary N) is 1. The van der Waals surface area contributed by atoms with Crippen LogP contribution >= 0.6 is 11.6 Å². The second-order valence-electron chi connectivity index (χ2n) is 5.97. The Bertz CT molecular complexity index is 948. The Balaban J connectivity index is 1.49. The molecule has 0 aliphatic heterocycles. The first-order valence-corrected chi connectivity index (χ1v) is 8.53. The fourth-order valence-corrected chi connectivity index (χ4v) is 2.77. The van der Waals surface area contributed by atoms with Gasteiger partial charge in [0, 0.05) is 22.5 Å². The molecule has 134 valence electrons. The zero-order valence-corrected chi connectivity index (χ0v) is 15.0. The van der Waals surface area contributed by atoms with Crippen LogP contribution < -0.4 is 5.32 Å². The number of ether oxygens (including phenoxy) is 1. The smallest absolute Gasteiger partial charge is 0.310 e. The lowest BCUT2D eigenvalue weighted by molar-refractivity contribution is -0.147. The minimum atomic E-state index is -0.485. The highest BCUT2D eigenvalue weighted by molar-refractivity contribution is 6.31. The van der Waals surface area contributed by atoms with Gasteiger partial charge >= 0.3 is 5.97 Å². The standard InChI is InChI=1S/C20H18ClNO4/c1-13-6-7-16-15(11-25-18(16)8-13)9-20(24)26-12-19(23)22-10-14-4-2-3-5-17(14)21/h2-8,11H,9-10,12H2,1H3,(H,22,23). The molecule has 5 nitrogen and oxygen atoms in total.